The molecule has 0 saturated carbocycles. The number of amides is 1. The number of anilines is 1. The van der Waals surface area contributed by atoms with Crippen molar-refractivity contribution in [1.82, 2.24) is 19.3 Å². The Balaban J connectivity index is 1.67. The van der Waals surface area contributed by atoms with E-state index in [1.54, 1.807) is 24.3 Å². The Morgan fingerprint density at radius 3 is 2.55 bits per heavy atom. The smallest absolute Gasteiger partial charge is 0.258 e. The second kappa shape index (κ2) is 7.54. The highest BCUT2D eigenvalue weighted by Gasteiger charge is 2.19. The predicted octanol–water partition coefficient (Wildman–Crippen LogP) is 4.99. The highest BCUT2D eigenvalue weighted by atomic mass is 35.5. The molecule has 1 aromatic carbocycles. The van der Waals surface area contributed by atoms with Crippen LogP contribution in [0.2, 0.25) is 10.0 Å². The number of aromatic nitrogens is 4. The van der Waals surface area contributed by atoms with E-state index < -0.39 is 0 Å². The van der Waals surface area contributed by atoms with Crippen LogP contribution in [0.25, 0.3) is 11.0 Å². The van der Waals surface area contributed by atoms with Crippen molar-refractivity contribution < 1.29 is 4.79 Å². The third-order valence-corrected chi connectivity index (χ3v) is 5.50. The van der Waals surface area contributed by atoms with Gasteiger partial charge in [0.05, 0.1) is 22.8 Å². The van der Waals surface area contributed by atoms with Gasteiger partial charge in [-0.3, -0.25) is 9.48 Å². The van der Waals surface area contributed by atoms with E-state index in [-0.39, 0.29) is 5.91 Å². The summed E-state index contributed by atoms with van der Waals surface area (Å²) >= 11 is 12.5. The van der Waals surface area contributed by atoms with Crippen LogP contribution in [0.4, 0.5) is 5.69 Å². The van der Waals surface area contributed by atoms with Gasteiger partial charge in [-0.2, -0.15) is 5.10 Å². The summed E-state index contributed by atoms with van der Waals surface area (Å²) < 4.78 is 3.84. The number of fused-ring (bicyclic) bond motifs is 1. The molecule has 6 nitrogen and oxygen atoms in total. The first-order valence-electron chi connectivity index (χ1n) is 9.04. The Hall–Kier alpha value is -2.83. The summed E-state index contributed by atoms with van der Waals surface area (Å²) in [4.78, 5) is 17.3. The Morgan fingerprint density at radius 2 is 1.90 bits per heavy atom. The summed E-state index contributed by atoms with van der Waals surface area (Å²) in [6, 6.07) is 8.93. The van der Waals surface area contributed by atoms with Gasteiger partial charge in [-0.1, -0.05) is 23.2 Å². The van der Waals surface area contributed by atoms with Crippen molar-refractivity contribution in [3.8, 4) is 0 Å². The van der Waals surface area contributed by atoms with Crippen LogP contribution < -0.4 is 5.32 Å². The first kappa shape index (κ1) is 19.5. The van der Waals surface area contributed by atoms with Crippen molar-refractivity contribution in [2.24, 2.45) is 7.05 Å². The monoisotopic (exact) mass is 427 g/mol. The maximum atomic E-state index is 12.7. The normalized spacial score (nSPS) is 11.2. The molecule has 0 aliphatic rings. The van der Waals surface area contributed by atoms with Gasteiger partial charge in [-0.25, -0.2) is 4.98 Å². The first-order chi connectivity index (χ1) is 13.8. The van der Waals surface area contributed by atoms with E-state index in [1.165, 1.54) is 6.20 Å². The molecule has 8 heteroatoms. The quantitative estimate of drug-likeness (QED) is 0.498. The van der Waals surface area contributed by atoms with Crippen molar-refractivity contribution in [3.05, 3.63) is 75.3 Å². The van der Waals surface area contributed by atoms with Gasteiger partial charge >= 0.3 is 0 Å². The van der Waals surface area contributed by atoms with Crippen molar-refractivity contribution in [1.29, 1.82) is 0 Å². The minimum absolute atomic E-state index is 0.320. The van der Waals surface area contributed by atoms with Crippen LogP contribution >= 0.6 is 23.2 Å². The third-order valence-electron chi connectivity index (χ3n) is 4.85. The molecule has 148 valence electrons. The van der Waals surface area contributed by atoms with E-state index in [0.29, 0.717) is 27.8 Å². The third kappa shape index (κ3) is 3.73. The molecule has 0 bridgehead atoms. The molecular formula is C21H19Cl2N5O. The van der Waals surface area contributed by atoms with Crippen molar-refractivity contribution in [2.45, 2.75) is 20.4 Å². The molecule has 0 spiro atoms. The molecule has 0 radical (unpaired) electrons. The minimum Gasteiger partial charge on any atom is -0.326 e. The van der Waals surface area contributed by atoms with E-state index in [1.807, 2.05) is 42.4 Å². The van der Waals surface area contributed by atoms with Crippen LogP contribution in [-0.2, 0) is 13.6 Å². The number of carbonyl (C=O) groups is 1. The molecule has 0 unspecified atom stereocenters. The van der Waals surface area contributed by atoms with E-state index in [9.17, 15) is 4.79 Å². The molecule has 0 fully saturated rings. The highest BCUT2D eigenvalue weighted by molar-refractivity contribution is 6.39. The number of rotatable bonds is 4. The van der Waals surface area contributed by atoms with Gasteiger partial charge in [0.2, 0.25) is 0 Å². The number of halogens is 2. The average molecular weight is 428 g/mol. The zero-order valence-electron chi connectivity index (χ0n) is 16.2. The van der Waals surface area contributed by atoms with Crippen molar-refractivity contribution >= 4 is 45.8 Å². The topological polar surface area (TPSA) is 64.7 Å². The van der Waals surface area contributed by atoms with Crippen LogP contribution in [0.15, 0.2) is 42.7 Å². The number of benzene rings is 1. The van der Waals surface area contributed by atoms with Crippen molar-refractivity contribution in [3.63, 3.8) is 0 Å². The number of carbonyl (C=O) groups excluding carboxylic acids is 1. The van der Waals surface area contributed by atoms with Gasteiger partial charge < -0.3 is 9.88 Å². The maximum Gasteiger partial charge on any atom is 0.258 e. The zero-order chi connectivity index (χ0) is 20.7. The van der Waals surface area contributed by atoms with Crippen LogP contribution in [-0.4, -0.2) is 25.2 Å². The fourth-order valence-electron chi connectivity index (χ4n) is 3.30. The molecule has 1 N–H and O–H groups in total. The molecule has 0 aliphatic carbocycles. The average Bonchev–Trinajstić information content (AvgIpc) is 3.16. The Bertz CT molecular complexity index is 1200. The molecule has 1 amide bonds. The SMILES string of the molecule is Cc1cn(Cc2cc(C)n(C)n2)c2ncc(C(=O)Nc3ccc(Cl)cc3)c(Cl)c12. The molecule has 3 heterocycles. The molecule has 0 atom stereocenters. The second-order valence-electron chi connectivity index (χ2n) is 6.99. The van der Waals surface area contributed by atoms with Gasteiger partial charge in [0.15, 0.2) is 0 Å². The fourth-order valence-corrected chi connectivity index (χ4v) is 3.80. The molecule has 0 saturated heterocycles. The number of hydrogen-bond donors (Lipinski definition) is 1. The van der Waals surface area contributed by atoms with Crippen LogP contribution in [0.3, 0.4) is 0 Å². The van der Waals surface area contributed by atoms with Gasteiger partial charge in [-0.05, 0) is 49.7 Å². The summed E-state index contributed by atoms with van der Waals surface area (Å²) in [6.45, 7) is 4.54. The number of hydrogen-bond acceptors (Lipinski definition) is 3. The number of nitrogens with zero attached hydrogens (tertiary/aromatic N) is 4. The van der Waals surface area contributed by atoms with E-state index in [4.69, 9.17) is 23.2 Å². The summed E-state index contributed by atoms with van der Waals surface area (Å²) in [6.07, 6.45) is 3.49. The van der Waals surface area contributed by atoms with Gasteiger partial charge in [-0.15, -0.1) is 0 Å². The number of pyridine rings is 1. The fraction of sp³-hybridized carbons (Fsp3) is 0.190. The van der Waals surface area contributed by atoms with Gasteiger partial charge in [0.1, 0.15) is 5.65 Å². The largest absolute Gasteiger partial charge is 0.326 e. The second-order valence-corrected chi connectivity index (χ2v) is 7.80. The molecule has 3 aromatic heterocycles. The van der Waals surface area contributed by atoms with Crippen LogP contribution in [0, 0.1) is 13.8 Å². The Morgan fingerprint density at radius 1 is 1.17 bits per heavy atom. The summed E-state index contributed by atoms with van der Waals surface area (Å²) in [5, 5.41) is 9.08. The summed E-state index contributed by atoms with van der Waals surface area (Å²) in [5.41, 5.74) is 4.65. The number of nitrogens with one attached hydrogen (secondary N) is 1. The Labute approximate surface area is 178 Å². The van der Waals surface area contributed by atoms with E-state index in [2.05, 4.69) is 15.4 Å². The predicted molar refractivity (Wildman–Crippen MR) is 116 cm³/mol. The first-order valence-corrected chi connectivity index (χ1v) is 9.79. The summed E-state index contributed by atoms with van der Waals surface area (Å²) in [5.74, 6) is -0.320. The molecule has 0 aliphatic heterocycles. The molecule has 4 rings (SSSR count). The Kier molecular flexibility index (Phi) is 5.06. The lowest BCUT2D eigenvalue weighted by atomic mass is 10.1. The molecule has 29 heavy (non-hydrogen) atoms. The van der Waals surface area contributed by atoms with Crippen LogP contribution in [0.1, 0.15) is 27.3 Å². The maximum absolute atomic E-state index is 12.7. The van der Waals surface area contributed by atoms with Crippen molar-refractivity contribution in [2.75, 3.05) is 5.32 Å². The molecular weight excluding hydrogens is 409 g/mol. The van der Waals surface area contributed by atoms with Gasteiger partial charge in [0, 0.05) is 41.2 Å². The summed E-state index contributed by atoms with van der Waals surface area (Å²) in [7, 11) is 1.92. The van der Waals surface area contributed by atoms with E-state index >= 15 is 0 Å². The minimum atomic E-state index is -0.320. The standard InChI is InChI=1S/C21H19Cl2N5O/c1-12-10-28(11-16-8-13(2)27(3)26-16)20-18(12)19(23)17(9-24-20)21(29)25-15-6-4-14(22)5-7-15/h4-10H,11H2,1-3H3,(H,25,29). The highest BCUT2D eigenvalue weighted by Crippen LogP contribution is 2.31. The van der Waals surface area contributed by atoms with E-state index in [0.717, 1.165) is 28.0 Å². The zero-order valence-corrected chi connectivity index (χ0v) is 17.7. The molecule has 4 aromatic rings. The lowest BCUT2D eigenvalue weighted by Gasteiger charge is -2.08. The lowest BCUT2D eigenvalue weighted by Crippen LogP contribution is -2.13. The van der Waals surface area contributed by atoms with Crippen LogP contribution in [0.5, 0.6) is 0 Å². The number of aryl methyl sites for hydroxylation is 3. The lowest BCUT2D eigenvalue weighted by molar-refractivity contribution is 0.102. The van der Waals surface area contributed by atoms with Gasteiger partial charge in [0.25, 0.3) is 5.91 Å².